The maximum Gasteiger partial charge on any atom is 0.212 e. The van der Waals surface area contributed by atoms with Crippen molar-refractivity contribution in [1.29, 1.82) is 0 Å². The molecule has 19 heavy (non-hydrogen) atoms. The first kappa shape index (κ1) is 13.0. The van der Waals surface area contributed by atoms with Gasteiger partial charge in [-0.15, -0.1) is 34.0 Å². The molecular weight excluding hydrogens is 292 g/mol. The Labute approximate surface area is 124 Å². The highest BCUT2D eigenvalue weighted by atomic mass is 32.1. The molecule has 4 heteroatoms. The van der Waals surface area contributed by atoms with Crippen molar-refractivity contribution in [3.63, 3.8) is 0 Å². The first-order valence-corrected chi connectivity index (χ1v) is 8.58. The van der Waals surface area contributed by atoms with E-state index in [9.17, 15) is 4.79 Å². The van der Waals surface area contributed by atoms with Crippen molar-refractivity contribution in [3.05, 3.63) is 44.3 Å². The number of fused-ring (bicyclic) bond motifs is 1. The Morgan fingerprint density at radius 2 is 1.79 bits per heavy atom. The second-order valence-corrected chi connectivity index (χ2v) is 8.62. The molecule has 0 bridgehead atoms. The summed E-state index contributed by atoms with van der Waals surface area (Å²) in [6.07, 6.45) is 0. The molecule has 0 aromatic carbocycles. The summed E-state index contributed by atoms with van der Waals surface area (Å²) in [6, 6.07) is 8.13. The standard InChI is InChI=1S/C15H14OS3/c1-15(2,3)13-5-4-10(19-13)14(16)12-8-11-9(18-12)6-7-17-11/h4-8H,1-3H3. The molecule has 0 amide bonds. The zero-order valence-corrected chi connectivity index (χ0v) is 13.5. The van der Waals surface area contributed by atoms with Crippen LogP contribution in [-0.2, 0) is 5.41 Å². The zero-order valence-electron chi connectivity index (χ0n) is 11.0. The maximum atomic E-state index is 12.5. The van der Waals surface area contributed by atoms with Crippen LogP contribution in [-0.4, -0.2) is 5.78 Å². The Kier molecular flexibility index (Phi) is 3.12. The molecule has 0 radical (unpaired) electrons. The molecule has 0 unspecified atom stereocenters. The third-order valence-electron chi connectivity index (χ3n) is 2.93. The molecule has 3 aromatic rings. The molecule has 1 nitrogen and oxygen atoms in total. The van der Waals surface area contributed by atoms with Crippen LogP contribution in [0.5, 0.6) is 0 Å². The molecule has 0 saturated carbocycles. The summed E-state index contributed by atoms with van der Waals surface area (Å²) in [5.41, 5.74) is 0.110. The van der Waals surface area contributed by atoms with Crippen LogP contribution < -0.4 is 0 Å². The number of thiophene rings is 3. The topological polar surface area (TPSA) is 17.1 Å². The number of ketones is 1. The van der Waals surface area contributed by atoms with E-state index in [4.69, 9.17) is 0 Å². The largest absolute Gasteiger partial charge is 0.287 e. The quantitative estimate of drug-likeness (QED) is 0.567. The predicted molar refractivity (Wildman–Crippen MR) is 86.2 cm³/mol. The Morgan fingerprint density at radius 1 is 1.00 bits per heavy atom. The molecule has 0 aliphatic heterocycles. The van der Waals surface area contributed by atoms with Gasteiger partial charge in [-0.2, -0.15) is 0 Å². The van der Waals surface area contributed by atoms with Gasteiger partial charge in [0, 0.05) is 14.3 Å². The molecule has 3 aromatic heterocycles. The van der Waals surface area contributed by atoms with Gasteiger partial charge >= 0.3 is 0 Å². The minimum Gasteiger partial charge on any atom is -0.287 e. The predicted octanol–water partition coefficient (Wildman–Crippen LogP) is 5.55. The molecule has 3 heterocycles. The summed E-state index contributed by atoms with van der Waals surface area (Å²) >= 11 is 4.90. The molecule has 0 spiro atoms. The lowest BCUT2D eigenvalue weighted by molar-refractivity contribution is 0.104. The normalized spacial score (nSPS) is 12.2. The minimum atomic E-state index is 0.110. The van der Waals surface area contributed by atoms with Gasteiger partial charge in [0.25, 0.3) is 0 Å². The fourth-order valence-corrected chi connectivity index (χ4v) is 5.01. The molecule has 0 saturated heterocycles. The van der Waals surface area contributed by atoms with Crippen LogP contribution in [0.3, 0.4) is 0 Å². The van der Waals surface area contributed by atoms with Gasteiger partial charge in [0.15, 0.2) is 0 Å². The van der Waals surface area contributed by atoms with E-state index in [2.05, 4.69) is 38.3 Å². The third kappa shape index (κ3) is 2.40. The van der Waals surface area contributed by atoms with E-state index in [0.29, 0.717) is 0 Å². The highest BCUT2D eigenvalue weighted by Crippen LogP contribution is 2.34. The second kappa shape index (κ2) is 4.54. The van der Waals surface area contributed by atoms with E-state index in [-0.39, 0.29) is 11.2 Å². The van der Waals surface area contributed by atoms with Crippen molar-refractivity contribution in [2.75, 3.05) is 0 Å². The van der Waals surface area contributed by atoms with E-state index >= 15 is 0 Å². The Bertz CT molecular complexity index is 708. The second-order valence-electron chi connectivity index (χ2n) is 5.50. The molecule has 0 fully saturated rings. The van der Waals surface area contributed by atoms with Gasteiger partial charge < -0.3 is 0 Å². The fourth-order valence-electron chi connectivity index (χ4n) is 1.86. The lowest BCUT2D eigenvalue weighted by atomic mass is 9.95. The average Bonchev–Trinajstić information content (AvgIpc) is 3.01. The molecule has 0 N–H and O–H groups in total. The Hall–Kier alpha value is -0.970. The highest BCUT2D eigenvalue weighted by molar-refractivity contribution is 7.28. The van der Waals surface area contributed by atoms with Crippen molar-refractivity contribution >= 4 is 49.2 Å². The zero-order chi connectivity index (χ0) is 13.6. The summed E-state index contributed by atoms with van der Waals surface area (Å²) in [6.45, 7) is 6.52. The van der Waals surface area contributed by atoms with Gasteiger partial charge in [-0.3, -0.25) is 4.79 Å². The van der Waals surface area contributed by atoms with E-state index in [1.807, 2.05) is 12.1 Å². The smallest absolute Gasteiger partial charge is 0.212 e. The summed E-state index contributed by atoms with van der Waals surface area (Å²) in [5, 5.41) is 2.07. The van der Waals surface area contributed by atoms with Gasteiger partial charge in [-0.05, 0) is 35.1 Å². The minimum absolute atomic E-state index is 0.110. The van der Waals surface area contributed by atoms with Gasteiger partial charge in [0.1, 0.15) is 0 Å². The maximum absolute atomic E-state index is 12.5. The van der Waals surface area contributed by atoms with Gasteiger partial charge in [-0.25, -0.2) is 0 Å². The summed E-state index contributed by atoms with van der Waals surface area (Å²) in [4.78, 5) is 15.4. The van der Waals surface area contributed by atoms with Crippen LogP contribution in [0, 0.1) is 0 Å². The van der Waals surface area contributed by atoms with Crippen LogP contribution in [0.1, 0.15) is 40.2 Å². The highest BCUT2D eigenvalue weighted by Gasteiger charge is 2.20. The Balaban J connectivity index is 1.95. The van der Waals surface area contributed by atoms with Gasteiger partial charge in [0.2, 0.25) is 5.78 Å². The van der Waals surface area contributed by atoms with Crippen molar-refractivity contribution < 1.29 is 4.79 Å². The van der Waals surface area contributed by atoms with Crippen LogP contribution in [0.25, 0.3) is 9.40 Å². The summed E-state index contributed by atoms with van der Waals surface area (Å²) < 4.78 is 2.42. The first-order valence-electron chi connectivity index (χ1n) is 6.07. The average molecular weight is 306 g/mol. The molecule has 98 valence electrons. The van der Waals surface area contributed by atoms with E-state index in [1.165, 1.54) is 14.3 Å². The van der Waals surface area contributed by atoms with Crippen molar-refractivity contribution in [2.45, 2.75) is 26.2 Å². The SMILES string of the molecule is CC(C)(C)c1ccc(C(=O)c2cc3sccc3s2)s1. The molecule has 3 rings (SSSR count). The lowest BCUT2D eigenvalue weighted by Crippen LogP contribution is -2.07. The third-order valence-corrected chi connectivity index (χ3v) is 6.53. The van der Waals surface area contributed by atoms with Crippen LogP contribution in [0.2, 0.25) is 0 Å². The van der Waals surface area contributed by atoms with E-state index in [1.54, 1.807) is 34.0 Å². The number of carbonyl (C=O) groups excluding carboxylic acids is 1. The van der Waals surface area contributed by atoms with Gasteiger partial charge in [-0.1, -0.05) is 20.8 Å². The number of carbonyl (C=O) groups is 1. The fraction of sp³-hybridized carbons (Fsp3) is 0.267. The lowest BCUT2D eigenvalue weighted by Gasteiger charge is -2.15. The van der Waals surface area contributed by atoms with Crippen molar-refractivity contribution in [3.8, 4) is 0 Å². The van der Waals surface area contributed by atoms with E-state index in [0.717, 1.165) is 9.75 Å². The molecule has 0 aliphatic carbocycles. The summed E-state index contributed by atoms with van der Waals surface area (Å²) in [5.74, 6) is 0.161. The van der Waals surface area contributed by atoms with Crippen LogP contribution >= 0.6 is 34.0 Å². The number of rotatable bonds is 2. The number of hydrogen-bond acceptors (Lipinski definition) is 4. The molecular formula is C15H14OS3. The van der Waals surface area contributed by atoms with Gasteiger partial charge in [0.05, 0.1) is 9.75 Å². The number of hydrogen-bond donors (Lipinski definition) is 0. The van der Waals surface area contributed by atoms with Crippen molar-refractivity contribution in [1.82, 2.24) is 0 Å². The summed E-state index contributed by atoms with van der Waals surface area (Å²) in [7, 11) is 0. The van der Waals surface area contributed by atoms with Crippen LogP contribution in [0.4, 0.5) is 0 Å². The monoisotopic (exact) mass is 306 g/mol. The first-order chi connectivity index (χ1) is 8.95. The van der Waals surface area contributed by atoms with Crippen LogP contribution in [0.15, 0.2) is 29.6 Å². The Morgan fingerprint density at radius 3 is 2.42 bits per heavy atom. The molecule has 0 aliphatic rings. The van der Waals surface area contributed by atoms with E-state index < -0.39 is 0 Å². The van der Waals surface area contributed by atoms with Crippen molar-refractivity contribution in [2.24, 2.45) is 0 Å². The molecule has 0 atom stereocenters.